The number of benzene rings is 3. The van der Waals surface area contributed by atoms with Gasteiger partial charge in [0, 0.05) is 17.1 Å². The van der Waals surface area contributed by atoms with Gasteiger partial charge in [-0.15, -0.1) is 0 Å². The molecular weight excluding hydrogens is 558 g/mol. The number of halogens is 1. The maximum Gasteiger partial charge on any atom is 0.264 e. The highest BCUT2D eigenvalue weighted by atomic mass is 35.5. The average Bonchev–Trinajstić information content (AvgIpc) is 2.92. The van der Waals surface area contributed by atoms with Crippen molar-refractivity contribution in [3.63, 3.8) is 0 Å². The molecule has 3 aromatic carbocycles. The normalized spacial score (nSPS) is 12.6. The van der Waals surface area contributed by atoms with Gasteiger partial charge in [0.1, 0.15) is 12.6 Å². The molecule has 220 valence electrons. The van der Waals surface area contributed by atoms with E-state index in [1.54, 1.807) is 54.6 Å². The van der Waals surface area contributed by atoms with Crippen molar-refractivity contribution in [2.45, 2.75) is 76.9 Å². The molecule has 0 unspecified atom stereocenters. The molecule has 0 heterocycles. The van der Waals surface area contributed by atoms with Crippen molar-refractivity contribution in [3.05, 3.63) is 95.0 Å². The van der Waals surface area contributed by atoms with Crippen LogP contribution in [0.5, 0.6) is 0 Å². The fourth-order valence-electron chi connectivity index (χ4n) is 4.43. The maximum atomic E-state index is 14.1. The van der Waals surface area contributed by atoms with Crippen LogP contribution >= 0.6 is 11.6 Å². The van der Waals surface area contributed by atoms with Gasteiger partial charge in [-0.05, 0) is 80.6 Å². The van der Waals surface area contributed by atoms with Crippen molar-refractivity contribution in [1.29, 1.82) is 0 Å². The van der Waals surface area contributed by atoms with Gasteiger partial charge in [0.2, 0.25) is 11.8 Å². The molecule has 3 rings (SSSR count). The van der Waals surface area contributed by atoms with E-state index in [1.165, 1.54) is 17.0 Å². The third-order valence-electron chi connectivity index (χ3n) is 6.61. The number of carbonyl (C=O) groups is 2. The molecule has 9 heteroatoms. The van der Waals surface area contributed by atoms with E-state index < -0.39 is 34.1 Å². The average molecular weight is 598 g/mol. The number of amides is 2. The van der Waals surface area contributed by atoms with Gasteiger partial charge < -0.3 is 10.2 Å². The summed E-state index contributed by atoms with van der Waals surface area (Å²) in [6.45, 7) is 11.2. The number of anilines is 1. The van der Waals surface area contributed by atoms with E-state index in [1.807, 2.05) is 39.8 Å². The van der Waals surface area contributed by atoms with Crippen molar-refractivity contribution in [2.75, 3.05) is 10.8 Å². The van der Waals surface area contributed by atoms with E-state index in [-0.39, 0.29) is 23.3 Å². The Morgan fingerprint density at radius 3 is 2.00 bits per heavy atom. The van der Waals surface area contributed by atoms with Crippen LogP contribution in [0.15, 0.2) is 83.8 Å². The van der Waals surface area contributed by atoms with E-state index in [9.17, 15) is 18.0 Å². The highest BCUT2D eigenvalue weighted by Gasteiger charge is 2.34. The van der Waals surface area contributed by atoms with Crippen LogP contribution < -0.4 is 9.62 Å². The van der Waals surface area contributed by atoms with Gasteiger partial charge in [-0.1, -0.05) is 74.8 Å². The maximum absolute atomic E-state index is 14.1. The van der Waals surface area contributed by atoms with Crippen LogP contribution in [0.3, 0.4) is 0 Å². The fraction of sp³-hybridized carbons (Fsp3) is 0.375. The topological polar surface area (TPSA) is 86.8 Å². The van der Waals surface area contributed by atoms with E-state index in [4.69, 9.17) is 11.6 Å². The van der Waals surface area contributed by atoms with Crippen LogP contribution in [-0.2, 0) is 26.2 Å². The SMILES string of the molecule is CC[C@@H](C(=O)NC(C)(C)C)N(Cc1ccc(Cl)cc1)C(=O)CN(c1ccc(C(C)C)cc1)S(=O)(=O)c1ccccc1. The Balaban J connectivity index is 2.07. The molecule has 7 nitrogen and oxygen atoms in total. The Morgan fingerprint density at radius 1 is 0.902 bits per heavy atom. The zero-order valence-corrected chi connectivity index (χ0v) is 26.2. The van der Waals surface area contributed by atoms with E-state index in [2.05, 4.69) is 19.2 Å². The molecule has 0 spiro atoms. The zero-order valence-electron chi connectivity index (χ0n) is 24.6. The summed E-state index contributed by atoms with van der Waals surface area (Å²) in [6, 6.07) is 21.4. The van der Waals surface area contributed by atoms with E-state index in [0.717, 1.165) is 15.4 Å². The molecule has 0 saturated heterocycles. The van der Waals surface area contributed by atoms with Crippen LogP contribution in [0.4, 0.5) is 5.69 Å². The minimum Gasteiger partial charge on any atom is -0.350 e. The number of hydrogen-bond acceptors (Lipinski definition) is 4. The number of sulfonamides is 1. The smallest absolute Gasteiger partial charge is 0.264 e. The number of carbonyl (C=O) groups excluding carboxylic acids is 2. The molecule has 0 aliphatic heterocycles. The molecule has 0 fully saturated rings. The molecule has 0 aliphatic carbocycles. The number of rotatable bonds is 11. The number of hydrogen-bond donors (Lipinski definition) is 1. The fourth-order valence-corrected chi connectivity index (χ4v) is 5.99. The van der Waals surface area contributed by atoms with Crippen LogP contribution in [0, 0.1) is 0 Å². The first-order valence-corrected chi connectivity index (χ1v) is 15.6. The Hall–Kier alpha value is -3.36. The minimum absolute atomic E-state index is 0.0718. The lowest BCUT2D eigenvalue weighted by Gasteiger charge is -2.34. The molecule has 0 radical (unpaired) electrons. The second-order valence-electron chi connectivity index (χ2n) is 11.4. The van der Waals surface area contributed by atoms with Crippen molar-refractivity contribution in [1.82, 2.24) is 10.2 Å². The standard InChI is InChI=1S/C32H40ClN3O4S/c1-7-29(31(38)34-32(4,5)6)35(21-24-13-17-26(33)18-14-24)30(37)22-36(27-19-15-25(16-20-27)23(2)3)41(39,40)28-11-9-8-10-12-28/h8-20,23,29H,7,21-22H2,1-6H3,(H,34,38)/t29-/m0/s1. The van der Waals surface area contributed by atoms with E-state index in [0.29, 0.717) is 17.1 Å². The predicted molar refractivity (Wildman–Crippen MR) is 165 cm³/mol. The molecule has 1 atom stereocenters. The van der Waals surface area contributed by atoms with Crippen LogP contribution in [0.25, 0.3) is 0 Å². The third-order valence-corrected chi connectivity index (χ3v) is 8.65. The molecular formula is C32H40ClN3O4S. The first-order valence-electron chi connectivity index (χ1n) is 13.8. The minimum atomic E-state index is -4.11. The lowest BCUT2D eigenvalue weighted by atomic mass is 10.0. The Morgan fingerprint density at radius 2 is 1.49 bits per heavy atom. The highest BCUT2D eigenvalue weighted by molar-refractivity contribution is 7.92. The molecule has 0 aromatic heterocycles. The van der Waals surface area contributed by atoms with Crippen molar-refractivity contribution >= 4 is 39.1 Å². The molecule has 3 aromatic rings. The second kappa shape index (κ2) is 13.5. The van der Waals surface area contributed by atoms with Gasteiger partial charge in [-0.2, -0.15) is 0 Å². The summed E-state index contributed by atoms with van der Waals surface area (Å²) in [4.78, 5) is 29.1. The van der Waals surface area contributed by atoms with Gasteiger partial charge in [0.05, 0.1) is 10.6 Å². The summed E-state index contributed by atoms with van der Waals surface area (Å²) >= 11 is 6.08. The van der Waals surface area contributed by atoms with Gasteiger partial charge in [-0.3, -0.25) is 13.9 Å². The summed E-state index contributed by atoms with van der Waals surface area (Å²) in [5, 5.41) is 3.52. The number of nitrogens with one attached hydrogen (secondary N) is 1. The highest BCUT2D eigenvalue weighted by Crippen LogP contribution is 2.27. The quantitative estimate of drug-likeness (QED) is 0.278. The summed E-state index contributed by atoms with van der Waals surface area (Å²) < 4.78 is 29.0. The van der Waals surface area contributed by atoms with Gasteiger partial charge in [-0.25, -0.2) is 8.42 Å². The zero-order chi connectivity index (χ0) is 30.4. The molecule has 0 saturated carbocycles. The van der Waals surface area contributed by atoms with Crippen LogP contribution in [0.1, 0.15) is 65.0 Å². The molecule has 1 N–H and O–H groups in total. The van der Waals surface area contributed by atoms with Gasteiger partial charge >= 0.3 is 0 Å². The van der Waals surface area contributed by atoms with Crippen molar-refractivity contribution in [2.24, 2.45) is 0 Å². The van der Waals surface area contributed by atoms with Gasteiger partial charge in [0.25, 0.3) is 10.0 Å². The Kier molecular flexibility index (Phi) is 10.6. The largest absolute Gasteiger partial charge is 0.350 e. The molecule has 0 aliphatic rings. The first-order chi connectivity index (χ1) is 19.2. The number of nitrogens with zero attached hydrogens (tertiary/aromatic N) is 2. The summed E-state index contributed by atoms with van der Waals surface area (Å²) in [7, 11) is -4.11. The van der Waals surface area contributed by atoms with Crippen molar-refractivity contribution in [3.8, 4) is 0 Å². The monoisotopic (exact) mass is 597 g/mol. The van der Waals surface area contributed by atoms with Crippen LogP contribution in [-0.4, -0.2) is 43.3 Å². The first kappa shape index (κ1) is 32.2. The summed E-state index contributed by atoms with van der Waals surface area (Å²) in [6.07, 6.45) is 0.343. The molecule has 41 heavy (non-hydrogen) atoms. The van der Waals surface area contributed by atoms with Crippen molar-refractivity contribution < 1.29 is 18.0 Å². The van der Waals surface area contributed by atoms with Crippen LogP contribution in [0.2, 0.25) is 5.02 Å². The molecule has 0 bridgehead atoms. The predicted octanol–water partition coefficient (Wildman–Crippen LogP) is 6.38. The lowest BCUT2D eigenvalue weighted by molar-refractivity contribution is -0.141. The summed E-state index contributed by atoms with van der Waals surface area (Å²) in [5.74, 6) is -0.546. The Labute approximate surface area is 249 Å². The summed E-state index contributed by atoms with van der Waals surface area (Å²) in [5.41, 5.74) is 1.67. The van der Waals surface area contributed by atoms with E-state index >= 15 is 0 Å². The second-order valence-corrected chi connectivity index (χ2v) is 13.7. The third kappa shape index (κ3) is 8.57. The molecule has 2 amide bonds. The lowest BCUT2D eigenvalue weighted by Crippen LogP contribution is -2.55. The Bertz CT molecular complexity index is 1420. The van der Waals surface area contributed by atoms with Gasteiger partial charge in [0.15, 0.2) is 0 Å².